The maximum atomic E-state index is 13.2. The van der Waals surface area contributed by atoms with Crippen LogP contribution in [0.25, 0.3) is 0 Å². The molecule has 5 amide bonds. The summed E-state index contributed by atoms with van der Waals surface area (Å²) in [7, 11) is 0. The van der Waals surface area contributed by atoms with E-state index in [1.54, 1.807) is 77.1 Å². The van der Waals surface area contributed by atoms with Gasteiger partial charge in [0.15, 0.2) is 17.2 Å². The highest BCUT2D eigenvalue weighted by Crippen LogP contribution is 2.45. The van der Waals surface area contributed by atoms with E-state index in [1.807, 2.05) is 60.7 Å². The molecule has 7 aromatic carbocycles. The summed E-state index contributed by atoms with van der Waals surface area (Å²) in [6.45, 7) is 20.2. The van der Waals surface area contributed by atoms with E-state index in [-0.39, 0.29) is 60.8 Å². The van der Waals surface area contributed by atoms with Gasteiger partial charge in [0, 0.05) is 11.5 Å². The second kappa shape index (κ2) is 51.4. The highest BCUT2D eigenvalue weighted by molar-refractivity contribution is 6.66. The Labute approximate surface area is 761 Å². The lowest BCUT2D eigenvalue weighted by Crippen LogP contribution is -2.40. The number of imide groups is 2. The number of aliphatic hydroxyl groups is 2. The first kappa shape index (κ1) is 116. The fourth-order valence-corrected chi connectivity index (χ4v) is 12.1. The van der Waals surface area contributed by atoms with Gasteiger partial charge in [0.2, 0.25) is 11.1 Å². The summed E-state index contributed by atoms with van der Waals surface area (Å²) in [4.78, 5) is 118. The van der Waals surface area contributed by atoms with Gasteiger partial charge in [0.05, 0.1) is 88.6 Å². The third-order valence-electron chi connectivity index (χ3n) is 18.2. The number of ether oxygens (including phenoxy) is 4. The minimum absolute atomic E-state index is 0.0105. The molecule has 4 aliphatic rings. The van der Waals surface area contributed by atoms with Gasteiger partial charge in [-0.05, 0) is 177 Å². The number of Topliss-reactive ketones (excluding diaryl/α,β-unsaturated/α-hetero) is 1. The Balaban J connectivity index is 0.000000414. The number of nitrogens with one attached hydrogen (secondary N) is 1. The molecular weight excluding hydrogens is 1870 g/mol. The van der Waals surface area contributed by atoms with E-state index in [4.69, 9.17) is 36.3 Å². The van der Waals surface area contributed by atoms with Crippen LogP contribution in [-0.2, 0) is 91.0 Å². The zero-order valence-corrected chi connectivity index (χ0v) is 72.2. The van der Waals surface area contributed by atoms with Gasteiger partial charge < -0.3 is 45.0 Å². The van der Waals surface area contributed by atoms with Crippen LogP contribution < -0.4 is 22.7 Å². The number of alkyl halides is 21. The van der Waals surface area contributed by atoms with Gasteiger partial charge >= 0.3 is 67.5 Å². The molecule has 734 valence electrons. The number of hydrazine groups is 1. The van der Waals surface area contributed by atoms with Crippen molar-refractivity contribution >= 4 is 65.0 Å². The number of ketones is 1. The van der Waals surface area contributed by atoms with Crippen LogP contribution >= 0.6 is 11.6 Å². The number of hydrogen-bond acceptors (Lipinski definition) is 21. The number of alkyl carbamates (subject to hydrolysis) is 1. The minimum Gasteiger partial charge on any atom is -0.465 e. The zero-order chi connectivity index (χ0) is 103. The van der Waals surface area contributed by atoms with Gasteiger partial charge in [0.25, 0.3) is 5.91 Å². The van der Waals surface area contributed by atoms with Crippen LogP contribution in [0.2, 0.25) is 0 Å². The highest BCUT2D eigenvalue weighted by Gasteiger charge is 2.47. The van der Waals surface area contributed by atoms with E-state index >= 15 is 0 Å². The molecule has 0 spiro atoms. The van der Waals surface area contributed by atoms with E-state index < -0.39 is 188 Å². The quantitative estimate of drug-likeness (QED) is 0.00444. The van der Waals surface area contributed by atoms with Crippen LogP contribution in [0.1, 0.15) is 166 Å². The molecule has 7 aromatic rings. The lowest BCUT2D eigenvalue weighted by molar-refractivity contribution is -0.145. The fourth-order valence-electron chi connectivity index (χ4n) is 12.0. The van der Waals surface area contributed by atoms with Crippen LogP contribution in [0.5, 0.6) is 0 Å². The Morgan fingerprint density at radius 3 is 1.21 bits per heavy atom. The molecule has 0 aliphatic carbocycles. The van der Waals surface area contributed by atoms with Gasteiger partial charge in [-0.15, -0.1) is 24.6 Å². The first-order valence-electron chi connectivity index (χ1n) is 38.7. The number of esters is 1. The second-order valence-electron chi connectivity index (χ2n) is 29.1. The Morgan fingerprint density at radius 1 is 0.526 bits per heavy atom. The topological polar surface area (TPSA) is 366 Å². The van der Waals surface area contributed by atoms with Crippen molar-refractivity contribution in [3.8, 4) is 0 Å². The summed E-state index contributed by atoms with van der Waals surface area (Å²) in [5.74, 6) is 2.86. The number of aliphatic hydroxyl groups excluding tert-OH is 2. The van der Waals surface area contributed by atoms with E-state index in [1.165, 1.54) is 36.8 Å². The summed E-state index contributed by atoms with van der Waals surface area (Å²) in [6, 6.07) is 30.9. The van der Waals surface area contributed by atoms with E-state index in [0.717, 1.165) is 34.7 Å². The number of carbonyl (C=O) groups excluding carboxylic acids is 9. The average molecular weight is 1960 g/mol. The van der Waals surface area contributed by atoms with Gasteiger partial charge in [0.1, 0.15) is 37.2 Å². The summed E-state index contributed by atoms with van der Waals surface area (Å²) in [5, 5.41) is 24.7. The molecule has 0 radical (unpaired) electrons. The molecular formula is C89H87ClF21N7O17. The number of halogens is 22. The summed E-state index contributed by atoms with van der Waals surface area (Å²) >= 11 is 4.85. The van der Waals surface area contributed by atoms with Crippen molar-refractivity contribution in [2.24, 2.45) is 34.6 Å². The Kier molecular flexibility index (Phi) is 44.2. The molecule has 4 heterocycles. The maximum Gasteiger partial charge on any atom is 0.417 e. The molecule has 0 aromatic heterocycles. The van der Waals surface area contributed by atoms with Crippen molar-refractivity contribution in [1.82, 2.24) is 15.1 Å². The lowest BCUT2D eigenvalue weighted by Gasteiger charge is -2.27. The number of allylic oxidation sites excluding steroid dienone is 3. The molecule has 24 nitrogen and oxygen atoms in total. The smallest absolute Gasteiger partial charge is 0.417 e. The van der Waals surface area contributed by atoms with Crippen LogP contribution in [0.3, 0.4) is 0 Å². The Morgan fingerprint density at radius 2 is 0.896 bits per heavy atom. The van der Waals surface area contributed by atoms with Gasteiger partial charge in [-0.3, -0.25) is 40.5 Å². The van der Waals surface area contributed by atoms with Crippen molar-refractivity contribution < 1.29 is 169 Å². The normalized spacial score (nSPS) is 17.3. The molecule has 135 heavy (non-hydrogen) atoms. The van der Waals surface area contributed by atoms with Gasteiger partial charge in [-0.1, -0.05) is 121 Å². The predicted octanol–water partition coefficient (Wildman–Crippen LogP) is 20.9. The number of nitrogens with two attached hydrogens (primary N) is 3. The van der Waals surface area contributed by atoms with E-state index in [9.17, 15) is 150 Å². The minimum atomic E-state index is -5.14. The molecule has 11 rings (SSSR count). The zero-order valence-electron chi connectivity index (χ0n) is 71.5. The van der Waals surface area contributed by atoms with Gasteiger partial charge in [-0.2, -0.15) is 92.2 Å². The SMILES string of the molecule is C/C=C/C(=O)Cl.C/C=C/C(=O)N1C(=O)OC[C@@H]1c1ccccc1.C=C[C@@H]1NC(=O)O[C@@H]1c1cc(C(F)(F)F)cc(C(F)(F)F)c1.C=C[C@H](C(=O)CN)[C@H](O)c1cc(C(F)(F)F)cc(C(F)(F)F)c1.C=C[C@H](C(=O)N1C(=O)OC[C@@H]1c1ccccc1)[C@H](O)c1cc(C(F)(F)F)cc(C(F)(F)F)c1.CC(C)(C)ON=O.Cc1cc(C=O)cc(C(F)(F)F)c1.NN.O=C1C[C@@H](c2ccccc2)CO1. The van der Waals surface area contributed by atoms with Crippen LogP contribution in [0, 0.1) is 23.7 Å². The molecule has 4 aliphatic heterocycles. The standard InChI is InChI=1S/C22H17F6NO4.C14H13F6NO2.C13H9F6NO2.C13H13NO3.C10H10O2.C9H7F3O.C4H5ClO.C4H9NO2.H4N2/c1-2-16(19(31)29-17(11-33-20(29)32)12-6-4-3-5-7-12)18(30)13-8-14(21(23,24)25)10-15(9-13)22(26,27)28;1-2-10(11(22)6-21)12(23)7-3-8(13(15,16)17)5-9(4-7)14(18,19)20;1-2-9-10(22-11(21)20-9)6-3-7(12(14,15)16)5-8(4-6)13(17,18)19;1-2-6-12(15)14-11(9-17-13(14)16)10-7-4-3-5-8-10;11-10-6-9(7-12-10)8-4-2-1-3-5-8;1-6-2-7(5-13)4-8(3-6)9(10,11)12;1-2-3-4(5)6;1-4(2,3)7-5-6;1-2/h2-10,16-18,30H,1,11H2;2-5,10,12,23H,1,6,21H2;2-5,9-10H,1H2,(H,20,21);2-8,11H,9H2,1H3;1-5,9H,6-7H2;2-5H,1H3;2-3H,1H3;1-3H3;1-2H2/b;;;6-2+;;;3-2+;;/t16-,17+,18+;10-,12-;9-,10+;11-;9-;;;;/m01011..../s1. The van der Waals surface area contributed by atoms with Crippen LogP contribution in [0.15, 0.2) is 231 Å². The highest BCUT2D eigenvalue weighted by atomic mass is 35.5. The maximum absolute atomic E-state index is 13.2. The number of nitrogens with zero attached hydrogens (tertiary/aromatic N) is 3. The average Bonchev–Trinajstić information content (AvgIpc) is 1.56. The first-order valence-corrected chi connectivity index (χ1v) is 39.1. The molecule has 0 saturated carbocycles. The third kappa shape index (κ3) is 36.7. The molecule has 46 heteroatoms. The number of cyclic esters (lactones) is 4. The number of aldehydes is 1. The second-order valence-corrected chi connectivity index (χ2v) is 29.5. The fraction of sp³-hybridized carbons (Fsp3) is 0.315. The third-order valence-corrected chi connectivity index (χ3v) is 18.3. The van der Waals surface area contributed by atoms with Crippen molar-refractivity contribution in [3.05, 3.63) is 314 Å². The van der Waals surface area contributed by atoms with E-state index in [2.05, 4.69) is 46.9 Å². The number of hydrogen-bond donors (Lipinski definition) is 6. The van der Waals surface area contributed by atoms with E-state index in [0.29, 0.717) is 71.7 Å². The number of carbonyl (C=O) groups is 9. The largest absolute Gasteiger partial charge is 0.465 e. The molecule has 4 fully saturated rings. The molecule has 9 N–H and O–H groups in total. The van der Waals surface area contributed by atoms with Crippen molar-refractivity contribution in [2.75, 3.05) is 26.4 Å². The van der Waals surface area contributed by atoms with Crippen molar-refractivity contribution in [3.63, 3.8) is 0 Å². The first-order chi connectivity index (χ1) is 62.6. The molecule has 0 unspecified atom stereocenters. The van der Waals surface area contributed by atoms with Crippen LogP contribution in [0.4, 0.5) is 107 Å². The monoisotopic (exact) mass is 1960 g/mol. The van der Waals surface area contributed by atoms with Crippen molar-refractivity contribution in [2.45, 2.75) is 139 Å². The lowest BCUT2D eigenvalue weighted by atomic mass is 9.90. The predicted molar refractivity (Wildman–Crippen MR) is 444 cm³/mol. The Hall–Kier alpha value is -13.1. The summed E-state index contributed by atoms with van der Waals surface area (Å²) in [6.07, 6.45) is -32.9. The molecule has 0 bridgehead atoms. The number of amides is 5. The number of benzene rings is 7. The molecule has 4 saturated heterocycles. The molecule has 9 atom stereocenters. The van der Waals surface area contributed by atoms with Gasteiger partial charge in [-0.25, -0.2) is 24.2 Å². The number of aryl methyl sites for hydroxylation is 1. The Bertz CT molecular complexity index is 5150. The van der Waals surface area contributed by atoms with Crippen molar-refractivity contribution in [1.29, 1.82) is 0 Å². The number of rotatable bonds is 18. The summed E-state index contributed by atoms with van der Waals surface area (Å²) < 4.78 is 288. The summed E-state index contributed by atoms with van der Waals surface area (Å²) in [5.41, 5.74) is -4.35. The van der Waals surface area contributed by atoms with Crippen LogP contribution in [-0.4, -0.2) is 111 Å².